The number of aliphatic hydroxyl groups is 1. The molecule has 0 spiro atoms. The molecule has 0 bridgehead atoms. The monoisotopic (exact) mass is 333 g/mol. The van der Waals surface area contributed by atoms with Crippen molar-refractivity contribution in [3.63, 3.8) is 0 Å². The zero-order chi connectivity index (χ0) is 16.9. The highest BCUT2D eigenvalue weighted by molar-refractivity contribution is 7.13. The van der Waals surface area contributed by atoms with Crippen molar-refractivity contribution in [2.45, 2.75) is 39.7 Å². The largest absolute Gasteiger partial charge is 0.394 e. The molecule has 2 aromatic heterocycles. The van der Waals surface area contributed by atoms with Gasteiger partial charge in [-0.25, -0.2) is 4.98 Å². The number of rotatable bonds is 6. The van der Waals surface area contributed by atoms with Gasteiger partial charge >= 0.3 is 0 Å². The van der Waals surface area contributed by atoms with Crippen LogP contribution in [0.5, 0.6) is 0 Å². The highest BCUT2D eigenvalue weighted by Crippen LogP contribution is 2.22. The Morgan fingerprint density at radius 1 is 1.39 bits per heavy atom. The van der Waals surface area contributed by atoms with Gasteiger partial charge in [0.15, 0.2) is 0 Å². The number of carbonyl (C=O) groups is 1. The molecule has 0 saturated carbocycles. The third kappa shape index (κ3) is 5.73. The predicted molar refractivity (Wildman–Crippen MR) is 92.1 cm³/mol. The second-order valence-corrected chi connectivity index (χ2v) is 7.61. The Bertz CT molecular complexity index is 635. The summed E-state index contributed by atoms with van der Waals surface area (Å²) in [6.45, 7) is 6.20. The molecule has 2 aromatic rings. The number of thiazole rings is 1. The minimum absolute atomic E-state index is 0.0491. The third-order valence-corrected chi connectivity index (χ3v) is 4.14. The second kappa shape index (κ2) is 7.66. The number of amides is 1. The number of carbonyl (C=O) groups excluding carboxylic acids is 1. The molecule has 0 saturated heterocycles. The Morgan fingerprint density at radius 3 is 2.78 bits per heavy atom. The summed E-state index contributed by atoms with van der Waals surface area (Å²) in [7, 11) is 0. The number of aliphatic hydroxyl groups excluding tert-OH is 1. The van der Waals surface area contributed by atoms with Crippen molar-refractivity contribution < 1.29 is 9.90 Å². The van der Waals surface area contributed by atoms with E-state index in [9.17, 15) is 9.90 Å². The van der Waals surface area contributed by atoms with E-state index in [4.69, 9.17) is 0 Å². The number of hydrogen-bond acceptors (Lipinski definition) is 5. The third-order valence-electron chi connectivity index (χ3n) is 3.22. The molecule has 0 aliphatic rings. The summed E-state index contributed by atoms with van der Waals surface area (Å²) in [5.41, 5.74) is 1.58. The topological polar surface area (TPSA) is 75.1 Å². The van der Waals surface area contributed by atoms with Gasteiger partial charge in [-0.15, -0.1) is 11.3 Å². The molecule has 0 aromatic carbocycles. The molecule has 0 radical (unpaired) electrons. The fraction of sp³-hybridized carbons (Fsp3) is 0.471. The van der Waals surface area contributed by atoms with Gasteiger partial charge in [-0.2, -0.15) is 0 Å². The quantitative estimate of drug-likeness (QED) is 0.852. The number of pyridine rings is 1. The Hall–Kier alpha value is -1.79. The first-order valence-electron chi connectivity index (χ1n) is 7.63. The molecule has 1 atom stereocenters. The van der Waals surface area contributed by atoms with E-state index in [0.29, 0.717) is 0 Å². The fourth-order valence-electron chi connectivity index (χ4n) is 2.34. The van der Waals surface area contributed by atoms with Gasteiger partial charge < -0.3 is 10.4 Å². The molecule has 124 valence electrons. The van der Waals surface area contributed by atoms with Crippen molar-refractivity contribution in [2.75, 3.05) is 6.61 Å². The number of nitrogens with one attached hydrogen (secondary N) is 1. The summed E-state index contributed by atoms with van der Waals surface area (Å²) in [5, 5.41) is 15.0. The number of nitrogens with zero attached hydrogens (tertiary/aromatic N) is 2. The lowest BCUT2D eigenvalue weighted by atomic mass is 9.88. The highest BCUT2D eigenvalue weighted by Gasteiger charge is 2.20. The van der Waals surface area contributed by atoms with Gasteiger partial charge in [0.1, 0.15) is 5.01 Å². The smallest absolute Gasteiger partial charge is 0.226 e. The van der Waals surface area contributed by atoms with Gasteiger partial charge in [-0.05, 0) is 24.0 Å². The predicted octanol–water partition coefficient (Wildman–Crippen LogP) is 2.66. The van der Waals surface area contributed by atoms with E-state index >= 15 is 0 Å². The normalized spacial score (nSPS) is 12.9. The van der Waals surface area contributed by atoms with Gasteiger partial charge in [-0.1, -0.05) is 26.8 Å². The Morgan fingerprint density at radius 2 is 2.17 bits per heavy atom. The van der Waals surface area contributed by atoms with Crippen LogP contribution >= 0.6 is 11.3 Å². The lowest BCUT2D eigenvalue weighted by Gasteiger charge is -2.25. The summed E-state index contributed by atoms with van der Waals surface area (Å²) in [5.74, 6) is -0.119. The van der Waals surface area contributed by atoms with E-state index in [1.807, 2.05) is 23.6 Å². The summed E-state index contributed by atoms with van der Waals surface area (Å²) in [6.07, 6.45) is 2.66. The van der Waals surface area contributed by atoms with Crippen LogP contribution in [-0.4, -0.2) is 33.6 Å². The zero-order valence-electron chi connectivity index (χ0n) is 13.7. The van der Waals surface area contributed by atoms with Crippen LogP contribution in [0, 0.1) is 5.41 Å². The standard InChI is InChI=1S/C17H23N3O2S/c1-17(2,3)9-13(10-21)19-15(22)8-12-11-23-16(20-12)14-6-4-5-7-18-14/h4-7,11,13,21H,8-10H2,1-3H3,(H,19,22). The van der Waals surface area contributed by atoms with Gasteiger partial charge in [0, 0.05) is 11.6 Å². The molecular formula is C17H23N3O2S. The first kappa shape index (κ1) is 17.6. The molecule has 1 amide bonds. The zero-order valence-corrected chi connectivity index (χ0v) is 14.6. The molecule has 2 N–H and O–H groups in total. The SMILES string of the molecule is CC(C)(C)CC(CO)NC(=O)Cc1csc(-c2ccccn2)n1. The Labute approximate surface area is 140 Å². The maximum atomic E-state index is 12.1. The minimum Gasteiger partial charge on any atom is -0.394 e. The van der Waals surface area contributed by atoms with Crippen molar-refractivity contribution in [1.29, 1.82) is 0 Å². The molecule has 0 fully saturated rings. The summed E-state index contributed by atoms with van der Waals surface area (Å²) in [4.78, 5) is 20.9. The van der Waals surface area contributed by atoms with Gasteiger partial charge in [-0.3, -0.25) is 9.78 Å². The van der Waals surface area contributed by atoms with E-state index in [0.717, 1.165) is 22.8 Å². The van der Waals surface area contributed by atoms with Crippen molar-refractivity contribution in [3.05, 3.63) is 35.5 Å². The van der Waals surface area contributed by atoms with Crippen molar-refractivity contribution >= 4 is 17.2 Å². The first-order chi connectivity index (χ1) is 10.9. The second-order valence-electron chi connectivity index (χ2n) is 6.75. The molecular weight excluding hydrogens is 310 g/mol. The molecule has 6 heteroatoms. The highest BCUT2D eigenvalue weighted by atomic mass is 32.1. The van der Waals surface area contributed by atoms with E-state index in [2.05, 4.69) is 36.1 Å². The molecule has 0 aliphatic heterocycles. The number of aromatic nitrogens is 2. The fourth-order valence-corrected chi connectivity index (χ4v) is 3.13. The summed E-state index contributed by atoms with van der Waals surface area (Å²) >= 11 is 1.48. The average molecular weight is 333 g/mol. The average Bonchev–Trinajstić information content (AvgIpc) is 2.94. The van der Waals surface area contributed by atoms with Crippen molar-refractivity contribution in [1.82, 2.24) is 15.3 Å². The van der Waals surface area contributed by atoms with E-state index in [-0.39, 0.29) is 30.4 Å². The molecule has 2 heterocycles. The van der Waals surface area contributed by atoms with Crippen molar-refractivity contribution in [3.8, 4) is 10.7 Å². The van der Waals surface area contributed by atoms with Crippen LogP contribution < -0.4 is 5.32 Å². The maximum Gasteiger partial charge on any atom is 0.226 e. The Balaban J connectivity index is 1.94. The number of hydrogen-bond donors (Lipinski definition) is 2. The lowest BCUT2D eigenvalue weighted by molar-refractivity contribution is -0.121. The summed E-state index contributed by atoms with van der Waals surface area (Å²) in [6, 6.07) is 5.44. The van der Waals surface area contributed by atoms with Gasteiger partial charge in [0.25, 0.3) is 0 Å². The molecule has 23 heavy (non-hydrogen) atoms. The van der Waals surface area contributed by atoms with Crippen LogP contribution in [0.4, 0.5) is 0 Å². The molecule has 5 nitrogen and oxygen atoms in total. The van der Waals surface area contributed by atoms with Crippen LogP contribution in [0.15, 0.2) is 29.8 Å². The van der Waals surface area contributed by atoms with Crippen LogP contribution in [0.1, 0.15) is 32.9 Å². The van der Waals surface area contributed by atoms with E-state index in [1.54, 1.807) is 6.20 Å². The minimum atomic E-state index is -0.226. The van der Waals surface area contributed by atoms with Gasteiger partial charge in [0.05, 0.1) is 30.5 Å². The molecule has 2 rings (SSSR count). The van der Waals surface area contributed by atoms with Crippen LogP contribution in [-0.2, 0) is 11.2 Å². The van der Waals surface area contributed by atoms with Crippen LogP contribution in [0.2, 0.25) is 0 Å². The summed E-state index contributed by atoms with van der Waals surface area (Å²) < 4.78 is 0. The van der Waals surface area contributed by atoms with E-state index in [1.165, 1.54) is 11.3 Å². The molecule has 0 aliphatic carbocycles. The van der Waals surface area contributed by atoms with Crippen molar-refractivity contribution in [2.24, 2.45) is 5.41 Å². The first-order valence-corrected chi connectivity index (χ1v) is 8.51. The van der Waals surface area contributed by atoms with Gasteiger partial charge in [0.2, 0.25) is 5.91 Å². The molecule has 1 unspecified atom stereocenters. The Kier molecular flexibility index (Phi) is 5.85. The van der Waals surface area contributed by atoms with E-state index < -0.39 is 0 Å². The van der Waals surface area contributed by atoms with Crippen LogP contribution in [0.3, 0.4) is 0 Å². The maximum absolute atomic E-state index is 12.1. The van der Waals surface area contributed by atoms with Crippen LogP contribution in [0.25, 0.3) is 10.7 Å². The lowest BCUT2D eigenvalue weighted by Crippen LogP contribution is -2.40.